The molecule has 1 rings (SSSR count). The number of hydrogen-bond donors (Lipinski definition) is 3. The third-order valence-corrected chi connectivity index (χ3v) is 6.78. The summed E-state index contributed by atoms with van der Waals surface area (Å²) in [5, 5.41) is 6.82. The van der Waals surface area contributed by atoms with Gasteiger partial charge in [-0.2, -0.15) is 0 Å². The van der Waals surface area contributed by atoms with Gasteiger partial charge in [-0.25, -0.2) is 0 Å². The van der Waals surface area contributed by atoms with Gasteiger partial charge in [0.15, 0.2) is 16.5 Å². The van der Waals surface area contributed by atoms with Gasteiger partial charge in [0.2, 0.25) is 0 Å². The summed E-state index contributed by atoms with van der Waals surface area (Å²) in [5.41, 5.74) is 6.00. The van der Waals surface area contributed by atoms with Crippen molar-refractivity contribution < 1.29 is 44.3 Å². The smallest absolute Gasteiger partial charge is 1.00 e. The molecule has 1 fully saturated rings. The minimum atomic E-state index is -2.61. The normalized spacial score (nSPS) is 18.3. The number of nitrogens with one attached hydrogen (secondary N) is 2. The largest absolute Gasteiger partial charge is 1.00 e. The summed E-state index contributed by atoms with van der Waals surface area (Å²) in [6.45, 7) is 8.24. The van der Waals surface area contributed by atoms with Gasteiger partial charge in [-0.3, -0.25) is 5.73 Å². The van der Waals surface area contributed by atoms with E-state index >= 15 is 0 Å². The second-order valence-electron chi connectivity index (χ2n) is 4.63. The minimum Gasteiger partial charge on any atom is -1.00 e. The molecule has 0 saturated carbocycles. The SMILES string of the molecule is CCO[Si](CCCN1C(=S)NC(=S)NC1N)(OCC)OCC.[H-].[Na+]. The Balaban J connectivity index is 0. The van der Waals surface area contributed by atoms with Gasteiger partial charge in [-0.15, -0.1) is 0 Å². The maximum atomic E-state index is 6.00. The number of nitrogens with zero attached hydrogens (tertiary/aromatic N) is 1. The van der Waals surface area contributed by atoms with E-state index in [1.165, 1.54) is 0 Å². The maximum absolute atomic E-state index is 6.00. The predicted octanol–water partition coefficient (Wildman–Crippen LogP) is -2.15. The fourth-order valence-electron chi connectivity index (χ4n) is 2.25. The van der Waals surface area contributed by atoms with Gasteiger partial charge in [0.25, 0.3) is 0 Å². The summed E-state index contributed by atoms with van der Waals surface area (Å²) < 4.78 is 17.5. The Morgan fingerprint density at radius 3 is 2.13 bits per heavy atom. The molecule has 0 radical (unpaired) electrons. The molecule has 0 aromatic rings. The van der Waals surface area contributed by atoms with Crippen LogP contribution in [0.5, 0.6) is 0 Å². The van der Waals surface area contributed by atoms with E-state index in [1.807, 2.05) is 25.7 Å². The predicted molar refractivity (Wildman–Crippen MR) is 97.3 cm³/mol. The van der Waals surface area contributed by atoms with Crippen LogP contribution in [0.4, 0.5) is 0 Å². The molecule has 130 valence electrons. The van der Waals surface area contributed by atoms with Crippen LogP contribution >= 0.6 is 24.4 Å². The molecule has 0 aromatic carbocycles. The first-order valence-corrected chi connectivity index (χ1v) is 10.3. The molecule has 0 bridgehead atoms. The Kier molecular flexibility index (Phi) is 12.4. The fourth-order valence-corrected chi connectivity index (χ4v) is 5.43. The van der Waals surface area contributed by atoms with Crippen LogP contribution in [0.15, 0.2) is 0 Å². The summed E-state index contributed by atoms with van der Waals surface area (Å²) in [4.78, 5) is 1.86. The van der Waals surface area contributed by atoms with Gasteiger partial charge in [-0.1, -0.05) is 0 Å². The van der Waals surface area contributed by atoms with Crippen LogP contribution in [0.25, 0.3) is 0 Å². The Bertz CT molecular complexity index is 384. The van der Waals surface area contributed by atoms with E-state index in [9.17, 15) is 0 Å². The van der Waals surface area contributed by atoms with E-state index in [2.05, 4.69) is 10.6 Å². The average Bonchev–Trinajstić information content (AvgIpc) is 2.42. The molecule has 4 N–H and O–H groups in total. The van der Waals surface area contributed by atoms with Crippen molar-refractivity contribution in [2.45, 2.75) is 39.5 Å². The first-order chi connectivity index (χ1) is 10.5. The van der Waals surface area contributed by atoms with Crippen molar-refractivity contribution in [3.63, 3.8) is 0 Å². The Labute approximate surface area is 174 Å². The molecule has 0 spiro atoms. The number of hydrogen-bond acceptors (Lipinski definition) is 6. The van der Waals surface area contributed by atoms with E-state index in [0.29, 0.717) is 36.6 Å². The fraction of sp³-hybridized carbons (Fsp3) is 0.833. The summed E-state index contributed by atoms with van der Waals surface area (Å²) in [6.07, 6.45) is 0.388. The maximum Gasteiger partial charge on any atom is 1.00 e. The number of rotatable bonds is 10. The molecule has 1 saturated heterocycles. The zero-order valence-electron chi connectivity index (χ0n) is 15.4. The van der Waals surface area contributed by atoms with Gasteiger partial charge in [0.1, 0.15) is 0 Å². The summed E-state index contributed by atoms with van der Waals surface area (Å²) >= 11 is 10.3. The van der Waals surface area contributed by atoms with Gasteiger partial charge in [-0.05, 0) is 51.6 Å². The van der Waals surface area contributed by atoms with E-state index < -0.39 is 15.1 Å². The minimum absolute atomic E-state index is 0. The topological polar surface area (TPSA) is 81.0 Å². The summed E-state index contributed by atoms with van der Waals surface area (Å²) in [6, 6.07) is 0.721. The van der Waals surface area contributed by atoms with E-state index in [-0.39, 0.29) is 31.0 Å². The molecule has 0 amide bonds. The van der Waals surface area contributed by atoms with Crippen LogP contribution in [-0.2, 0) is 13.3 Å². The quantitative estimate of drug-likeness (QED) is 0.286. The van der Waals surface area contributed by atoms with Crippen molar-refractivity contribution in [2.75, 3.05) is 26.4 Å². The first kappa shape index (κ1) is 23.6. The first-order valence-electron chi connectivity index (χ1n) is 7.53. The van der Waals surface area contributed by atoms with Gasteiger partial charge in [0, 0.05) is 32.4 Å². The third-order valence-electron chi connectivity index (χ3n) is 3.07. The molecule has 11 heteroatoms. The zero-order chi connectivity index (χ0) is 16.6. The summed E-state index contributed by atoms with van der Waals surface area (Å²) in [7, 11) is -2.61. The van der Waals surface area contributed by atoms with Crippen LogP contribution in [0, 0.1) is 0 Å². The van der Waals surface area contributed by atoms with Crippen LogP contribution in [0.3, 0.4) is 0 Å². The Morgan fingerprint density at radius 2 is 1.70 bits per heavy atom. The number of nitrogens with two attached hydrogens (primary N) is 1. The molecule has 0 aromatic heterocycles. The molecule has 23 heavy (non-hydrogen) atoms. The molecule has 1 heterocycles. The van der Waals surface area contributed by atoms with Crippen molar-refractivity contribution in [1.82, 2.24) is 15.5 Å². The molecule has 7 nitrogen and oxygen atoms in total. The Morgan fingerprint density at radius 1 is 1.17 bits per heavy atom. The molecule has 1 aliphatic rings. The van der Waals surface area contributed by atoms with Crippen molar-refractivity contribution in [3.8, 4) is 0 Å². The van der Waals surface area contributed by atoms with E-state index in [0.717, 1.165) is 12.5 Å². The third kappa shape index (κ3) is 7.59. The van der Waals surface area contributed by atoms with E-state index in [1.54, 1.807) is 0 Å². The Hall–Kier alpha value is 0.637. The monoisotopic (exact) mass is 390 g/mol. The van der Waals surface area contributed by atoms with Gasteiger partial charge < -0.3 is 30.2 Å². The van der Waals surface area contributed by atoms with Gasteiger partial charge in [0.05, 0.1) is 0 Å². The number of thiocarbonyl (C=S) groups is 2. The second kappa shape index (κ2) is 12.1. The molecule has 1 aliphatic heterocycles. The van der Waals surface area contributed by atoms with Crippen LogP contribution < -0.4 is 45.9 Å². The van der Waals surface area contributed by atoms with E-state index in [4.69, 9.17) is 43.4 Å². The van der Waals surface area contributed by atoms with Crippen LogP contribution in [0.2, 0.25) is 6.04 Å². The van der Waals surface area contributed by atoms with Crippen LogP contribution in [-0.4, -0.2) is 56.6 Å². The molecule has 1 unspecified atom stereocenters. The second-order valence-corrected chi connectivity index (χ2v) is 8.15. The van der Waals surface area contributed by atoms with Crippen molar-refractivity contribution in [1.29, 1.82) is 0 Å². The zero-order valence-corrected chi connectivity index (χ0v) is 19.0. The van der Waals surface area contributed by atoms with Crippen molar-refractivity contribution in [3.05, 3.63) is 0 Å². The molecular weight excluding hydrogens is 363 g/mol. The average molecular weight is 391 g/mol. The molecule has 0 aliphatic carbocycles. The van der Waals surface area contributed by atoms with Crippen molar-refractivity contribution in [2.24, 2.45) is 5.73 Å². The molecular formula is C12H27N4NaO3S2Si. The summed E-state index contributed by atoms with van der Waals surface area (Å²) in [5.74, 6) is 0. The van der Waals surface area contributed by atoms with Crippen molar-refractivity contribution >= 4 is 43.5 Å². The molecule has 1 atom stereocenters. The standard InChI is InChI=1S/C12H26N4O3S2Si.Na.H/c1-4-17-22(18-5-2,19-6-3)9-7-8-16-10(13)14-11(20)15-12(16)21;;/h10H,4-9,13H2,1-3H3,(H2,14,15,20,21);;/q;+1;-1. The van der Waals surface area contributed by atoms with Crippen LogP contribution in [0.1, 0.15) is 28.6 Å². The van der Waals surface area contributed by atoms with Gasteiger partial charge >= 0.3 is 38.4 Å².